The first-order valence-electron chi connectivity index (χ1n) is 9.56. The molecular formula is C23H23N3O2S. The second-order valence-corrected chi connectivity index (χ2v) is 8.31. The summed E-state index contributed by atoms with van der Waals surface area (Å²) in [7, 11) is 1.62. The monoisotopic (exact) mass is 405 g/mol. The molecule has 0 N–H and O–H groups in total. The molecule has 1 unspecified atom stereocenters. The van der Waals surface area contributed by atoms with Crippen LogP contribution in [0.4, 0.5) is 5.69 Å². The van der Waals surface area contributed by atoms with Crippen LogP contribution in [-0.2, 0) is 4.79 Å². The Bertz CT molecular complexity index is 1040. The largest absolute Gasteiger partial charge is 0.496 e. The van der Waals surface area contributed by atoms with Crippen LogP contribution < -0.4 is 9.64 Å². The Morgan fingerprint density at radius 3 is 2.69 bits per heavy atom. The number of allylic oxidation sites excluding steroid dienone is 1. The fourth-order valence-electron chi connectivity index (χ4n) is 3.87. The van der Waals surface area contributed by atoms with Gasteiger partial charge in [-0.05, 0) is 43.2 Å². The molecule has 1 amide bonds. The number of aryl methyl sites for hydroxylation is 2. The van der Waals surface area contributed by atoms with Crippen molar-refractivity contribution in [2.45, 2.75) is 26.2 Å². The number of anilines is 1. The number of fused-ring (bicyclic) bond motifs is 1. The number of carbonyl (C=O) groups excluding carboxylic acids is 1. The highest BCUT2D eigenvalue weighted by atomic mass is 32.2. The summed E-state index contributed by atoms with van der Waals surface area (Å²) in [6, 6.07) is 16.4. The molecule has 2 aliphatic rings. The highest BCUT2D eigenvalue weighted by molar-refractivity contribution is 8.03. The molecule has 6 heteroatoms. The first-order chi connectivity index (χ1) is 14.0. The number of nitriles is 1. The third-order valence-electron chi connectivity index (χ3n) is 5.66. The van der Waals surface area contributed by atoms with Crippen LogP contribution in [0.3, 0.4) is 0 Å². The van der Waals surface area contributed by atoms with Gasteiger partial charge in [0.15, 0.2) is 0 Å². The number of hydrogen-bond donors (Lipinski definition) is 0. The minimum absolute atomic E-state index is 0.0379. The van der Waals surface area contributed by atoms with E-state index in [0.29, 0.717) is 23.9 Å². The Morgan fingerprint density at radius 2 is 1.97 bits per heavy atom. The van der Waals surface area contributed by atoms with E-state index >= 15 is 0 Å². The summed E-state index contributed by atoms with van der Waals surface area (Å²) in [5.41, 5.74) is 5.12. The van der Waals surface area contributed by atoms with Gasteiger partial charge >= 0.3 is 0 Å². The number of amides is 1. The number of carbonyl (C=O) groups is 1. The summed E-state index contributed by atoms with van der Waals surface area (Å²) in [6.45, 7) is 4.66. The third-order valence-corrected chi connectivity index (χ3v) is 6.82. The zero-order valence-corrected chi connectivity index (χ0v) is 17.6. The zero-order valence-electron chi connectivity index (χ0n) is 16.8. The van der Waals surface area contributed by atoms with E-state index in [1.165, 1.54) is 11.1 Å². The lowest BCUT2D eigenvalue weighted by atomic mass is 9.86. The fraction of sp³-hybridized carbons (Fsp3) is 0.304. The SMILES string of the molecule is COc1ccccc1C1CC(=O)N2CN(c3ccc(C)c(C)c3)CSC2=C1C#N. The quantitative estimate of drug-likeness (QED) is 0.751. The van der Waals surface area contributed by atoms with Crippen molar-refractivity contribution in [2.24, 2.45) is 0 Å². The highest BCUT2D eigenvalue weighted by Gasteiger charge is 2.39. The second kappa shape index (κ2) is 7.84. The molecule has 0 bridgehead atoms. The average Bonchev–Trinajstić information content (AvgIpc) is 2.75. The molecular weight excluding hydrogens is 382 g/mol. The lowest BCUT2D eigenvalue weighted by molar-refractivity contribution is -0.129. The number of benzene rings is 2. The van der Waals surface area contributed by atoms with Crippen LogP contribution in [0.25, 0.3) is 0 Å². The lowest BCUT2D eigenvalue weighted by Crippen LogP contribution is -2.47. The molecule has 0 saturated carbocycles. The number of ether oxygens (including phenoxy) is 1. The van der Waals surface area contributed by atoms with Gasteiger partial charge in [-0.3, -0.25) is 9.69 Å². The fourth-order valence-corrected chi connectivity index (χ4v) is 5.04. The molecule has 0 aliphatic carbocycles. The van der Waals surface area contributed by atoms with Crippen LogP contribution >= 0.6 is 11.8 Å². The minimum atomic E-state index is -0.268. The van der Waals surface area contributed by atoms with Crippen molar-refractivity contribution in [2.75, 3.05) is 24.6 Å². The van der Waals surface area contributed by atoms with Crippen molar-refractivity contribution >= 4 is 23.4 Å². The summed E-state index contributed by atoms with van der Waals surface area (Å²) in [5, 5.41) is 10.7. The number of nitrogens with zero attached hydrogens (tertiary/aromatic N) is 3. The number of hydrogen-bond acceptors (Lipinski definition) is 5. The molecule has 2 aromatic rings. The first kappa shape index (κ1) is 19.4. The molecule has 0 radical (unpaired) electrons. The van der Waals surface area contributed by atoms with Gasteiger partial charge in [0.1, 0.15) is 5.75 Å². The van der Waals surface area contributed by atoms with Crippen molar-refractivity contribution < 1.29 is 9.53 Å². The van der Waals surface area contributed by atoms with Crippen molar-refractivity contribution in [1.82, 2.24) is 4.90 Å². The van der Waals surface area contributed by atoms with Crippen molar-refractivity contribution in [3.8, 4) is 11.8 Å². The summed E-state index contributed by atoms with van der Waals surface area (Å²) < 4.78 is 5.49. The average molecular weight is 406 g/mol. The Hall–Kier alpha value is -2.91. The smallest absolute Gasteiger partial charge is 0.229 e. The summed E-state index contributed by atoms with van der Waals surface area (Å²) in [5.74, 6) is 1.18. The van der Waals surface area contributed by atoms with E-state index in [1.54, 1.807) is 23.8 Å². The first-order valence-corrected chi connectivity index (χ1v) is 10.5. The van der Waals surface area contributed by atoms with E-state index in [4.69, 9.17) is 4.74 Å². The van der Waals surface area contributed by atoms with Crippen molar-refractivity contribution in [1.29, 1.82) is 5.26 Å². The van der Waals surface area contributed by atoms with Crippen LogP contribution in [0.15, 0.2) is 53.1 Å². The van der Waals surface area contributed by atoms with Crippen LogP contribution in [0.5, 0.6) is 5.75 Å². The van der Waals surface area contributed by atoms with Gasteiger partial charge in [-0.2, -0.15) is 5.26 Å². The van der Waals surface area contributed by atoms with Gasteiger partial charge in [0.2, 0.25) is 5.91 Å². The Morgan fingerprint density at radius 1 is 1.17 bits per heavy atom. The number of para-hydroxylation sites is 1. The molecule has 1 saturated heterocycles. The Kier molecular flexibility index (Phi) is 5.25. The van der Waals surface area contributed by atoms with Gasteiger partial charge in [-0.1, -0.05) is 36.0 Å². The Balaban J connectivity index is 1.68. The van der Waals surface area contributed by atoms with Gasteiger partial charge in [-0.25, -0.2) is 0 Å². The zero-order chi connectivity index (χ0) is 20.5. The molecule has 1 fully saturated rings. The summed E-state index contributed by atoms with van der Waals surface area (Å²) in [6.07, 6.45) is 0.272. The van der Waals surface area contributed by atoms with Gasteiger partial charge in [-0.15, -0.1) is 0 Å². The molecule has 4 rings (SSSR count). The highest BCUT2D eigenvalue weighted by Crippen LogP contribution is 2.45. The summed E-state index contributed by atoms with van der Waals surface area (Å²) in [4.78, 5) is 17.0. The van der Waals surface area contributed by atoms with Gasteiger partial charge in [0.05, 0.1) is 36.3 Å². The third kappa shape index (κ3) is 3.47. The molecule has 2 heterocycles. The molecule has 0 aromatic heterocycles. The van der Waals surface area contributed by atoms with Crippen LogP contribution in [0.1, 0.15) is 29.0 Å². The maximum absolute atomic E-state index is 13.1. The van der Waals surface area contributed by atoms with Crippen LogP contribution in [-0.4, -0.2) is 30.5 Å². The number of methoxy groups -OCH3 is 1. The Labute approximate surface area is 175 Å². The van der Waals surface area contributed by atoms with E-state index in [1.807, 2.05) is 24.3 Å². The van der Waals surface area contributed by atoms with Crippen LogP contribution in [0, 0.1) is 25.2 Å². The predicted octanol–water partition coefficient (Wildman–Crippen LogP) is 4.53. The van der Waals surface area contributed by atoms with E-state index in [9.17, 15) is 10.1 Å². The van der Waals surface area contributed by atoms with E-state index in [2.05, 4.69) is 43.0 Å². The topological polar surface area (TPSA) is 56.6 Å². The van der Waals surface area contributed by atoms with Crippen molar-refractivity contribution in [3.63, 3.8) is 0 Å². The minimum Gasteiger partial charge on any atom is -0.496 e. The normalized spacial score (nSPS) is 19.1. The van der Waals surface area contributed by atoms with E-state index in [-0.39, 0.29) is 18.2 Å². The lowest BCUT2D eigenvalue weighted by Gasteiger charge is -2.42. The van der Waals surface area contributed by atoms with E-state index in [0.717, 1.165) is 16.3 Å². The van der Waals surface area contributed by atoms with Crippen LogP contribution in [0.2, 0.25) is 0 Å². The van der Waals surface area contributed by atoms with Crippen molar-refractivity contribution in [3.05, 3.63) is 69.8 Å². The molecule has 148 valence electrons. The standard InChI is InChI=1S/C23H23N3O2S/c1-15-8-9-17(10-16(15)2)25-13-26-22(27)11-19(20(12-24)23(26)29-14-25)18-6-4-5-7-21(18)28-3/h4-10,19H,11,13-14H2,1-3H3. The van der Waals surface area contributed by atoms with Gasteiger partial charge < -0.3 is 9.64 Å². The summed E-state index contributed by atoms with van der Waals surface area (Å²) >= 11 is 1.56. The maximum Gasteiger partial charge on any atom is 0.229 e. The maximum atomic E-state index is 13.1. The predicted molar refractivity (Wildman–Crippen MR) is 116 cm³/mol. The van der Waals surface area contributed by atoms with E-state index < -0.39 is 0 Å². The molecule has 0 spiro atoms. The molecule has 29 heavy (non-hydrogen) atoms. The number of thioether (sulfide) groups is 1. The molecule has 5 nitrogen and oxygen atoms in total. The molecule has 1 atom stereocenters. The number of rotatable bonds is 3. The molecule has 2 aliphatic heterocycles. The van der Waals surface area contributed by atoms with Gasteiger partial charge in [0, 0.05) is 23.6 Å². The molecule has 2 aromatic carbocycles. The second-order valence-electron chi connectivity index (χ2n) is 7.37. The van der Waals surface area contributed by atoms with Gasteiger partial charge in [0.25, 0.3) is 0 Å².